The van der Waals surface area contributed by atoms with Crippen molar-refractivity contribution >= 4 is 21.8 Å². The first-order valence-electron chi connectivity index (χ1n) is 7.22. The molecule has 0 atom stereocenters. The van der Waals surface area contributed by atoms with Gasteiger partial charge in [-0.15, -0.1) is 10.2 Å². The average molecular weight is 365 g/mol. The summed E-state index contributed by atoms with van der Waals surface area (Å²) in [5.41, 5.74) is 6.23. The number of piperidine rings is 1. The lowest BCUT2D eigenvalue weighted by Crippen LogP contribution is -2.38. The molecule has 2 aromatic rings. The van der Waals surface area contributed by atoms with Crippen LogP contribution >= 0.6 is 15.9 Å². The Hall–Kier alpha value is -1.73. The molecule has 1 saturated heterocycles. The molecule has 0 spiro atoms. The van der Waals surface area contributed by atoms with Gasteiger partial charge in [0.05, 0.1) is 6.54 Å². The van der Waals surface area contributed by atoms with Crippen LogP contribution in [-0.2, 0) is 11.3 Å². The van der Waals surface area contributed by atoms with Crippen molar-refractivity contribution in [3.8, 4) is 11.5 Å². The highest BCUT2D eigenvalue weighted by Crippen LogP contribution is 2.23. The van der Waals surface area contributed by atoms with Gasteiger partial charge in [-0.05, 0) is 44.1 Å². The van der Waals surface area contributed by atoms with E-state index < -0.39 is 0 Å². The topological polar surface area (TPSA) is 85.3 Å². The second-order valence-electron chi connectivity index (χ2n) is 5.46. The molecular weight excluding hydrogens is 348 g/mol. The fourth-order valence-corrected chi connectivity index (χ4v) is 3.02. The van der Waals surface area contributed by atoms with E-state index in [1.807, 2.05) is 24.3 Å². The van der Waals surface area contributed by atoms with E-state index in [4.69, 9.17) is 10.2 Å². The van der Waals surface area contributed by atoms with Crippen LogP contribution in [0, 0.1) is 5.92 Å². The number of nitrogens with zero attached hydrogens (tertiary/aromatic N) is 3. The molecule has 2 heterocycles. The van der Waals surface area contributed by atoms with Gasteiger partial charge in [-0.1, -0.05) is 22.0 Å². The van der Waals surface area contributed by atoms with Crippen LogP contribution in [0.15, 0.2) is 33.2 Å². The minimum atomic E-state index is -0.200. The number of carbonyl (C=O) groups excluding carboxylic acids is 1. The van der Waals surface area contributed by atoms with Gasteiger partial charge in [0.25, 0.3) is 0 Å². The molecule has 0 aliphatic carbocycles. The number of amides is 1. The molecule has 0 radical (unpaired) electrons. The lowest BCUT2D eigenvalue weighted by atomic mass is 9.96. The van der Waals surface area contributed by atoms with Crippen LogP contribution in [0.5, 0.6) is 0 Å². The minimum Gasteiger partial charge on any atom is -0.419 e. The molecule has 6 nitrogen and oxygen atoms in total. The number of halogens is 1. The third-order valence-corrected chi connectivity index (χ3v) is 4.38. The van der Waals surface area contributed by atoms with Crippen molar-refractivity contribution in [2.45, 2.75) is 19.4 Å². The monoisotopic (exact) mass is 364 g/mol. The van der Waals surface area contributed by atoms with Crippen molar-refractivity contribution in [2.24, 2.45) is 11.7 Å². The molecule has 0 bridgehead atoms. The molecule has 2 N–H and O–H groups in total. The van der Waals surface area contributed by atoms with Crippen LogP contribution in [0.3, 0.4) is 0 Å². The number of nitrogens with two attached hydrogens (primary N) is 1. The van der Waals surface area contributed by atoms with Crippen molar-refractivity contribution in [3.05, 3.63) is 34.6 Å². The van der Waals surface area contributed by atoms with Crippen LogP contribution in [0.2, 0.25) is 0 Å². The van der Waals surface area contributed by atoms with E-state index >= 15 is 0 Å². The minimum absolute atomic E-state index is 0.00355. The quantitative estimate of drug-likeness (QED) is 0.898. The number of likely N-dealkylation sites (tertiary alicyclic amines) is 1. The van der Waals surface area contributed by atoms with E-state index in [-0.39, 0.29) is 11.8 Å². The molecule has 0 unspecified atom stereocenters. The molecule has 1 aromatic heterocycles. The Kier molecular flexibility index (Phi) is 4.54. The highest BCUT2D eigenvalue weighted by molar-refractivity contribution is 9.10. The summed E-state index contributed by atoms with van der Waals surface area (Å²) >= 11 is 3.43. The van der Waals surface area contributed by atoms with Gasteiger partial charge in [-0.2, -0.15) is 0 Å². The maximum atomic E-state index is 11.2. The van der Waals surface area contributed by atoms with Crippen molar-refractivity contribution in [1.82, 2.24) is 15.1 Å². The molecule has 0 saturated carbocycles. The molecule has 1 aromatic carbocycles. The van der Waals surface area contributed by atoms with Crippen molar-refractivity contribution in [2.75, 3.05) is 13.1 Å². The van der Waals surface area contributed by atoms with Gasteiger partial charge in [-0.25, -0.2) is 0 Å². The summed E-state index contributed by atoms with van der Waals surface area (Å²) in [7, 11) is 0. The molecule has 1 aliphatic rings. The SMILES string of the molecule is NC(=O)C1CCN(Cc2nnc(-c3cccc(Br)c3)o2)CC1. The lowest BCUT2D eigenvalue weighted by molar-refractivity contribution is -0.123. The summed E-state index contributed by atoms with van der Waals surface area (Å²) in [5.74, 6) is 0.904. The van der Waals surface area contributed by atoms with E-state index in [1.54, 1.807) is 0 Å². The Balaban J connectivity index is 1.62. The van der Waals surface area contributed by atoms with Crippen LogP contribution in [0.1, 0.15) is 18.7 Å². The standard InChI is InChI=1S/C15H17BrN4O2/c16-12-3-1-2-11(8-12)15-19-18-13(22-15)9-20-6-4-10(5-7-20)14(17)21/h1-3,8,10H,4-7,9H2,(H2,17,21). The predicted molar refractivity (Wildman–Crippen MR) is 84.6 cm³/mol. The van der Waals surface area contributed by atoms with Crippen LogP contribution in [-0.4, -0.2) is 34.1 Å². The van der Waals surface area contributed by atoms with Crippen molar-refractivity contribution in [3.63, 3.8) is 0 Å². The van der Waals surface area contributed by atoms with Gasteiger partial charge in [0, 0.05) is 16.0 Å². The largest absolute Gasteiger partial charge is 0.419 e. The molecule has 3 rings (SSSR count). The Morgan fingerprint density at radius 3 is 2.82 bits per heavy atom. The summed E-state index contributed by atoms with van der Waals surface area (Å²) in [6.07, 6.45) is 1.59. The van der Waals surface area contributed by atoms with E-state index in [0.717, 1.165) is 36.0 Å². The summed E-state index contributed by atoms with van der Waals surface area (Å²) < 4.78 is 6.70. The maximum Gasteiger partial charge on any atom is 0.247 e. The molecule has 1 fully saturated rings. The first-order valence-corrected chi connectivity index (χ1v) is 8.01. The normalized spacial score (nSPS) is 16.8. The summed E-state index contributed by atoms with van der Waals surface area (Å²) in [4.78, 5) is 13.4. The third kappa shape index (κ3) is 3.53. The van der Waals surface area contributed by atoms with Crippen molar-refractivity contribution in [1.29, 1.82) is 0 Å². The van der Waals surface area contributed by atoms with Crippen LogP contribution in [0.25, 0.3) is 11.5 Å². The van der Waals surface area contributed by atoms with Crippen molar-refractivity contribution < 1.29 is 9.21 Å². The second kappa shape index (κ2) is 6.58. The summed E-state index contributed by atoms with van der Waals surface area (Å²) in [6.45, 7) is 2.25. The zero-order valence-electron chi connectivity index (χ0n) is 12.0. The summed E-state index contributed by atoms with van der Waals surface area (Å²) in [5, 5.41) is 8.20. The number of hydrogen-bond acceptors (Lipinski definition) is 5. The molecule has 1 amide bonds. The maximum absolute atomic E-state index is 11.2. The van der Waals surface area contributed by atoms with Gasteiger partial charge in [0.15, 0.2) is 0 Å². The lowest BCUT2D eigenvalue weighted by Gasteiger charge is -2.29. The average Bonchev–Trinajstić information content (AvgIpc) is 2.96. The Labute approximate surface area is 136 Å². The first-order chi connectivity index (χ1) is 10.6. The zero-order chi connectivity index (χ0) is 15.5. The molecule has 7 heteroatoms. The molecule has 1 aliphatic heterocycles. The number of carbonyl (C=O) groups is 1. The molecule has 116 valence electrons. The van der Waals surface area contributed by atoms with Crippen LogP contribution in [0.4, 0.5) is 0 Å². The number of primary amides is 1. The number of hydrogen-bond donors (Lipinski definition) is 1. The second-order valence-corrected chi connectivity index (χ2v) is 6.38. The molecule has 22 heavy (non-hydrogen) atoms. The Bertz CT molecular complexity index is 665. The fraction of sp³-hybridized carbons (Fsp3) is 0.400. The number of rotatable bonds is 4. The van der Waals surface area contributed by atoms with Gasteiger partial charge >= 0.3 is 0 Å². The van der Waals surface area contributed by atoms with Gasteiger partial charge < -0.3 is 10.2 Å². The zero-order valence-corrected chi connectivity index (χ0v) is 13.6. The third-order valence-electron chi connectivity index (χ3n) is 3.89. The van der Waals surface area contributed by atoms with Gasteiger partial charge in [0.1, 0.15) is 0 Å². The number of benzene rings is 1. The van der Waals surface area contributed by atoms with Gasteiger partial charge in [-0.3, -0.25) is 9.69 Å². The van der Waals surface area contributed by atoms with E-state index in [9.17, 15) is 4.79 Å². The van der Waals surface area contributed by atoms with E-state index in [1.165, 1.54) is 0 Å². The summed E-state index contributed by atoms with van der Waals surface area (Å²) in [6, 6.07) is 7.75. The number of aromatic nitrogens is 2. The molecular formula is C15H17BrN4O2. The van der Waals surface area contributed by atoms with E-state index in [2.05, 4.69) is 31.0 Å². The van der Waals surface area contributed by atoms with E-state index in [0.29, 0.717) is 18.3 Å². The van der Waals surface area contributed by atoms with Crippen LogP contribution < -0.4 is 5.73 Å². The predicted octanol–water partition coefficient (Wildman–Crippen LogP) is 2.20. The first kappa shape index (κ1) is 15.2. The Morgan fingerprint density at radius 2 is 2.14 bits per heavy atom. The van der Waals surface area contributed by atoms with Gasteiger partial charge in [0.2, 0.25) is 17.7 Å². The Morgan fingerprint density at radius 1 is 1.36 bits per heavy atom. The highest BCUT2D eigenvalue weighted by Gasteiger charge is 2.24. The fourth-order valence-electron chi connectivity index (χ4n) is 2.62. The highest BCUT2D eigenvalue weighted by atomic mass is 79.9. The smallest absolute Gasteiger partial charge is 0.247 e.